The Labute approximate surface area is 171 Å². The third kappa shape index (κ3) is 5.14. The van der Waals surface area contributed by atoms with Crippen molar-refractivity contribution in [2.24, 2.45) is 0 Å². The number of carbonyl (C=O) groups is 1. The summed E-state index contributed by atoms with van der Waals surface area (Å²) in [6.07, 6.45) is 0.897. The fourth-order valence-corrected chi connectivity index (χ4v) is 4.43. The highest BCUT2D eigenvalue weighted by Gasteiger charge is 2.28. The molecule has 156 valence electrons. The number of amides is 1. The van der Waals surface area contributed by atoms with E-state index in [1.165, 1.54) is 24.8 Å². The molecule has 1 atom stereocenters. The van der Waals surface area contributed by atoms with Gasteiger partial charge in [-0.15, -0.1) is 0 Å². The number of nitrogens with zero attached hydrogens (tertiary/aromatic N) is 1. The lowest BCUT2D eigenvalue weighted by atomic mass is 9.98. The molecule has 0 saturated carbocycles. The average Bonchev–Trinajstić information content (AvgIpc) is 3.24. The van der Waals surface area contributed by atoms with E-state index in [4.69, 9.17) is 9.47 Å². The van der Waals surface area contributed by atoms with Gasteiger partial charge in [0.25, 0.3) is 5.91 Å². The smallest absolute Gasteiger partial charge is 0.253 e. The highest BCUT2D eigenvalue weighted by Crippen LogP contribution is 2.29. The highest BCUT2D eigenvalue weighted by atomic mass is 32.2. The molecular formula is C21H26N2O5S. The zero-order valence-electron chi connectivity index (χ0n) is 16.6. The van der Waals surface area contributed by atoms with Crippen LogP contribution in [-0.4, -0.2) is 59.7 Å². The van der Waals surface area contributed by atoms with E-state index < -0.39 is 10.0 Å². The lowest BCUT2D eigenvalue weighted by Gasteiger charge is -2.17. The molecule has 1 heterocycles. The van der Waals surface area contributed by atoms with Crippen molar-refractivity contribution in [1.82, 2.24) is 9.62 Å². The number of rotatable bonds is 8. The molecule has 2 aromatic carbocycles. The number of hydrogen-bond donors (Lipinski definition) is 1. The Morgan fingerprint density at radius 3 is 2.41 bits per heavy atom. The van der Waals surface area contributed by atoms with E-state index in [2.05, 4.69) is 4.72 Å². The van der Waals surface area contributed by atoms with Crippen molar-refractivity contribution in [1.29, 1.82) is 0 Å². The predicted octanol–water partition coefficient (Wildman–Crippen LogP) is 2.25. The van der Waals surface area contributed by atoms with E-state index in [0.717, 1.165) is 12.2 Å². The maximum absolute atomic E-state index is 12.8. The van der Waals surface area contributed by atoms with Crippen LogP contribution in [0, 0.1) is 0 Å². The van der Waals surface area contributed by atoms with Crippen LogP contribution in [0.4, 0.5) is 0 Å². The van der Waals surface area contributed by atoms with Crippen LogP contribution in [0.25, 0.3) is 0 Å². The van der Waals surface area contributed by atoms with Crippen molar-refractivity contribution in [2.75, 3.05) is 40.5 Å². The highest BCUT2D eigenvalue weighted by molar-refractivity contribution is 7.89. The molecule has 1 fully saturated rings. The molecule has 0 radical (unpaired) electrons. The summed E-state index contributed by atoms with van der Waals surface area (Å²) in [5.41, 5.74) is 1.67. The molecular weight excluding hydrogens is 392 g/mol. The van der Waals surface area contributed by atoms with Gasteiger partial charge in [0.1, 0.15) is 5.75 Å². The van der Waals surface area contributed by atoms with Crippen molar-refractivity contribution in [2.45, 2.75) is 17.2 Å². The van der Waals surface area contributed by atoms with Crippen molar-refractivity contribution >= 4 is 15.9 Å². The molecule has 8 heteroatoms. The summed E-state index contributed by atoms with van der Waals surface area (Å²) in [7, 11) is -0.467. The summed E-state index contributed by atoms with van der Waals surface area (Å²) in [5, 5.41) is 0. The number of nitrogens with one attached hydrogen (secondary N) is 1. The Morgan fingerprint density at radius 1 is 1.10 bits per heavy atom. The molecule has 29 heavy (non-hydrogen) atoms. The molecule has 0 spiro atoms. The Kier molecular flexibility index (Phi) is 6.89. The SMILES string of the molecule is COCCNS(=O)(=O)c1ccc(C(=O)N2CCC(c3ccc(OC)cc3)C2)cc1. The van der Waals surface area contributed by atoms with Gasteiger partial charge in [0, 0.05) is 38.2 Å². The predicted molar refractivity (Wildman–Crippen MR) is 110 cm³/mol. The second kappa shape index (κ2) is 9.39. The first-order valence-corrected chi connectivity index (χ1v) is 10.9. The molecule has 1 amide bonds. The fourth-order valence-electron chi connectivity index (χ4n) is 3.41. The monoisotopic (exact) mass is 418 g/mol. The van der Waals surface area contributed by atoms with Gasteiger partial charge in [0.15, 0.2) is 0 Å². The average molecular weight is 419 g/mol. The van der Waals surface area contributed by atoms with Gasteiger partial charge in [-0.05, 0) is 48.4 Å². The molecule has 2 aromatic rings. The number of benzene rings is 2. The molecule has 0 bridgehead atoms. The van der Waals surface area contributed by atoms with Gasteiger partial charge in [0.2, 0.25) is 10.0 Å². The van der Waals surface area contributed by atoms with Crippen molar-refractivity contribution < 1.29 is 22.7 Å². The molecule has 3 rings (SSSR count). The summed E-state index contributed by atoms with van der Waals surface area (Å²) in [6.45, 7) is 1.80. The minimum absolute atomic E-state index is 0.0858. The molecule has 7 nitrogen and oxygen atoms in total. The molecule has 1 unspecified atom stereocenters. The van der Waals surface area contributed by atoms with Crippen LogP contribution < -0.4 is 9.46 Å². The van der Waals surface area contributed by atoms with Crippen LogP contribution in [0.2, 0.25) is 0 Å². The first kappa shape index (κ1) is 21.3. The minimum Gasteiger partial charge on any atom is -0.497 e. The quantitative estimate of drug-likeness (QED) is 0.665. The van der Waals surface area contributed by atoms with Crippen LogP contribution in [-0.2, 0) is 14.8 Å². The second-order valence-electron chi connectivity index (χ2n) is 6.92. The van der Waals surface area contributed by atoms with Crippen molar-refractivity contribution in [3.8, 4) is 5.75 Å². The number of carbonyl (C=O) groups excluding carboxylic acids is 1. The number of sulfonamides is 1. The van der Waals surface area contributed by atoms with E-state index in [1.54, 1.807) is 19.2 Å². The van der Waals surface area contributed by atoms with Gasteiger partial charge in [-0.2, -0.15) is 0 Å². The Bertz CT molecular complexity index is 927. The topological polar surface area (TPSA) is 84.9 Å². The lowest BCUT2D eigenvalue weighted by molar-refractivity contribution is 0.0790. The van der Waals surface area contributed by atoms with Gasteiger partial charge in [0.05, 0.1) is 18.6 Å². The molecule has 0 aliphatic carbocycles. The summed E-state index contributed by atoms with van der Waals surface area (Å²) < 4.78 is 36.9. The first-order valence-electron chi connectivity index (χ1n) is 9.46. The molecule has 1 aliphatic rings. The standard InChI is InChI=1S/C21H26N2O5S/c1-27-14-12-22-29(25,26)20-9-5-17(6-10-20)21(24)23-13-11-18(15-23)16-3-7-19(28-2)8-4-16/h3-10,18,22H,11-15H2,1-2H3. The fraction of sp³-hybridized carbons (Fsp3) is 0.381. The van der Waals surface area contributed by atoms with E-state index in [9.17, 15) is 13.2 Å². The van der Waals surface area contributed by atoms with Gasteiger partial charge in [-0.3, -0.25) is 4.79 Å². The van der Waals surface area contributed by atoms with Crippen LogP contribution in [0.5, 0.6) is 5.75 Å². The van der Waals surface area contributed by atoms with Crippen LogP contribution >= 0.6 is 0 Å². The molecule has 1 saturated heterocycles. The number of hydrogen-bond acceptors (Lipinski definition) is 5. The summed E-state index contributed by atoms with van der Waals surface area (Å²) in [6, 6.07) is 14.0. The lowest BCUT2D eigenvalue weighted by Crippen LogP contribution is -2.29. The molecule has 1 N–H and O–H groups in total. The maximum Gasteiger partial charge on any atom is 0.253 e. The summed E-state index contributed by atoms with van der Waals surface area (Å²) >= 11 is 0. The minimum atomic E-state index is -3.61. The molecule has 0 aromatic heterocycles. The van der Waals surface area contributed by atoms with E-state index >= 15 is 0 Å². The van der Waals surface area contributed by atoms with E-state index in [0.29, 0.717) is 25.3 Å². The Balaban J connectivity index is 1.63. The summed E-state index contributed by atoms with van der Waals surface area (Å²) in [5.74, 6) is 1.01. The van der Waals surface area contributed by atoms with Crippen LogP contribution in [0.1, 0.15) is 28.3 Å². The largest absolute Gasteiger partial charge is 0.497 e. The van der Waals surface area contributed by atoms with Gasteiger partial charge < -0.3 is 14.4 Å². The second-order valence-corrected chi connectivity index (χ2v) is 8.69. The zero-order chi connectivity index (χ0) is 20.9. The number of methoxy groups -OCH3 is 2. The van der Waals surface area contributed by atoms with Crippen molar-refractivity contribution in [3.63, 3.8) is 0 Å². The Hall–Kier alpha value is -2.42. The third-order valence-corrected chi connectivity index (χ3v) is 6.55. The van der Waals surface area contributed by atoms with Crippen molar-refractivity contribution in [3.05, 3.63) is 59.7 Å². The van der Waals surface area contributed by atoms with E-state index in [1.807, 2.05) is 29.2 Å². The van der Waals surface area contributed by atoms with Crippen LogP contribution in [0.15, 0.2) is 53.4 Å². The first-order chi connectivity index (χ1) is 13.9. The maximum atomic E-state index is 12.8. The number of likely N-dealkylation sites (tertiary alicyclic amines) is 1. The zero-order valence-corrected chi connectivity index (χ0v) is 17.4. The molecule has 1 aliphatic heterocycles. The number of ether oxygens (including phenoxy) is 2. The Morgan fingerprint density at radius 2 is 1.79 bits per heavy atom. The van der Waals surface area contributed by atoms with Crippen LogP contribution in [0.3, 0.4) is 0 Å². The summed E-state index contributed by atoms with van der Waals surface area (Å²) in [4.78, 5) is 14.8. The van der Waals surface area contributed by atoms with E-state index in [-0.39, 0.29) is 23.3 Å². The normalized spacial score (nSPS) is 16.8. The van der Waals surface area contributed by atoms with Gasteiger partial charge >= 0.3 is 0 Å². The van der Waals surface area contributed by atoms with Gasteiger partial charge in [-0.1, -0.05) is 12.1 Å². The van der Waals surface area contributed by atoms with Gasteiger partial charge in [-0.25, -0.2) is 13.1 Å². The third-order valence-electron chi connectivity index (χ3n) is 5.07.